The molecule has 2 rings (SSSR count). The lowest BCUT2D eigenvalue weighted by atomic mass is 10.0. The van der Waals surface area contributed by atoms with Crippen LogP contribution in [0.5, 0.6) is 0 Å². The molecule has 21 heavy (non-hydrogen) atoms. The van der Waals surface area contributed by atoms with Crippen LogP contribution in [0.25, 0.3) is 0 Å². The maximum absolute atomic E-state index is 12.2. The van der Waals surface area contributed by atoms with Crippen molar-refractivity contribution in [1.82, 2.24) is 0 Å². The Hall–Kier alpha value is -1.00. The van der Waals surface area contributed by atoms with Gasteiger partial charge >= 0.3 is 0 Å². The minimum atomic E-state index is -1.15. The number of Topliss-reactive ketones (excluding diaryl/α,β-unsaturated/α-hetero) is 1. The van der Waals surface area contributed by atoms with Crippen LogP contribution in [0.1, 0.15) is 48.9 Å². The van der Waals surface area contributed by atoms with Crippen molar-refractivity contribution in [2.45, 2.75) is 49.0 Å². The summed E-state index contributed by atoms with van der Waals surface area (Å²) in [5.41, 5.74) is 0.495. The summed E-state index contributed by atoms with van der Waals surface area (Å²) >= 11 is 7.17. The van der Waals surface area contributed by atoms with Crippen LogP contribution < -0.4 is 5.11 Å². The van der Waals surface area contributed by atoms with E-state index in [4.69, 9.17) is 11.6 Å². The Bertz CT molecular complexity index is 495. The molecule has 0 spiro atoms. The highest BCUT2D eigenvalue weighted by Gasteiger charge is 2.23. The zero-order valence-electron chi connectivity index (χ0n) is 11.7. The molecule has 1 aromatic rings. The normalized spacial score (nSPS) is 17.4. The average Bonchev–Trinajstić information content (AvgIpc) is 2.48. The fourth-order valence-electron chi connectivity index (χ4n) is 2.54. The number of carboxylic acids is 1. The highest BCUT2D eigenvalue weighted by atomic mass is 35.5. The molecule has 114 valence electrons. The molecule has 1 aliphatic carbocycles. The predicted molar refractivity (Wildman–Crippen MR) is 83.7 cm³/mol. The molecule has 1 aliphatic rings. The lowest BCUT2D eigenvalue weighted by Gasteiger charge is -2.26. The topological polar surface area (TPSA) is 57.2 Å². The van der Waals surface area contributed by atoms with Gasteiger partial charge in [-0.25, -0.2) is 0 Å². The molecule has 0 unspecified atom stereocenters. The summed E-state index contributed by atoms with van der Waals surface area (Å²) in [6, 6.07) is 6.53. The lowest BCUT2D eigenvalue weighted by Crippen LogP contribution is -2.36. The van der Waals surface area contributed by atoms with E-state index in [1.54, 1.807) is 24.3 Å². The summed E-state index contributed by atoms with van der Waals surface area (Å²) < 4.78 is 0. The maximum Gasteiger partial charge on any atom is 0.164 e. The highest BCUT2D eigenvalue weighted by Crippen LogP contribution is 2.32. The fraction of sp³-hybridized carbons (Fsp3) is 0.500. The van der Waals surface area contributed by atoms with E-state index in [9.17, 15) is 14.7 Å². The van der Waals surface area contributed by atoms with Gasteiger partial charge in [0, 0.05) is 22.3 Å². The first-order valence-electron chi connectivity index (χ1n) is 7.21. The van der Waals surface area contributed by atoms with Gasteiger partial charge in [-0.2, -0.15) is 0 Å². The average molecular weight is 326 g/mol. The van der Waals surface area contributed by atoms with Crippen LogP contribution in [-0.4, -0.2) is 22.3 Å². The number of hydrogen-bond acceptors (Lipinski definition) is 4. The van der Waals surface area contributed by atoms with E-state index in [1.165, 1.54) is 18.2 Å². The first-order chi connectivity index (χ1) is 10.1. The zero-order valence-corrected chi connectivity index (χ0v) is 13.3. The summed E-state index contributed by atoms with van der Waals surface area (Å²) in [6.07, 6.45) is 5.54. The second kappa shape index (κ2) is 7.85. The molecule has 0 heterocycles. The number of carbonyl (C=O) groups is 2. The van der Waals surface area contributed by atoms with Crippen LogP contribution in [0, 0.1) is 0 Å². The molecule has 0 aliphatic heterocycles. The van der Waals surface area contributed by atoms with Gasteiger partial charge in [0.2, 0.25) is 0 Å². The van der Waals surface area contributed by atoms with Crippen LogP contribution in [-0.2, 0) is 4.79 Å². The third-order valence-electron chi connectivity index (χ3n) is 3.71. The number of aliphatic carboxylic acids is 1. The molecular formula is C16H18ClO3S-. The monoisotopic (exact) mass is 325 g/mol. The van der Waals surface area contributed by atoms with E-state index in [-0.39, 0.29) is 12.2 Å². The van der Waals surface area contributed by atoms with Gasteiger partial charge in [-0.1, -0.05) is 30.9 Å². The molecule has 0 N–H and O–H groups in total. The number of halogens is 1. The molecular weight excluding hydrogens is 308 g/mol. The molecule has 3 nitrogen and oxygen atoms in total. The first-order valence-corrected chi connectivity index (χ1v) is 8.53. The third-order valence-corrected chi connectivity index (χ3v) is 5.50. The molecule has 1 fully saturated rings. The largest absolute Gasteiger partial charge is 0.549 e. The Labute approximate surface area is 134 Å². The van der Waals surface area contributed by atoms with Crippen molar-refractivity contribution in [3.63, 3.8) is 0 Å². The van der Waals surface area contributed by atoms with Gasteiger partial charge in [0.1, 0.15) is 0 Å². The van der Waals surface area contributed by atoms with Gasteiger partial charge in [-0.05, 0) is 37.1 Å². The molecule has 0 saturated heterocycles. The van der Waals surface area contributed by atoms with Crippen LogP contribution >= 0.6 is 23.4 Å². The molecule has 5 heteroatoms. The molecule has 1 aromatic carbocycles. The number of hydrogen-bond donors (Lipinski definition) is 0. The summed E-state index contributed by atoms with van der Waals surface area (Å²) in [4.78, 5) is 23.5. The van der Waals surface area contributed by atoms with E-state index in [0.29, 0.717) is 15.8 Å². The fourth-order valence-corrected chi connectivity index (χ4v) is 4.10. The van der Waals surface area contributed by atoms with Gasteiger partial charge in [0.25, 0.3) is 0 Å². The van der Waals surface area contributed by atoms with Crippen molar-refractivity contribution < 1.29 is 14.7 Å². The van der Waals surface area contributed by atoms with E-state index >= 15 is 0 Å². The van der Waals surface area contributed by atoms with E-state index in [0.717, 1.165) is 25.7 Å². The Balaban J connectivity index is 1.96. The van der Waals surface area contributed by atoms with Crippen molar-refractivity contribution in [1.29, 1.82) is 0 Å². The Kier molecular flexibility index (Phi) is 6.12. The Morgan fingerprint density at radius 3 is 2.38 bits per heavy atom. The van der Waals surface area contributed by atoms with E-state index < -0.39 is 11.2 Å². The molecule has 0 aromatic heterocycles. The molecule has 0 radical (unpaired) electrons. The van der Waals surface area contributed by atoms with Gasteiger partial charge < -0.3 is 9.90 Å². The van der Waals surface area contributed by atoms with Crippen LogP contribution in [0.2, 0.25) is 5.02 Å². The maximum atomic E-state index is 12.2. The minimum absolute atomic E-state index is 0.0227. The summed E-state index contributed by atoms with van der Waals surface area (Å²) in [7, 11) is 0. The highest BCUT2D eigenvalue weighted by molar-refractivity contribution is 8.01. The Morgan fingerprint density at radius 1 is 1.19 bits per heavy atom. The number of ketones is 1. The van der Waals surface area contributed by atoms with Gasteiger partial charge in [0.15, 0.2) is 5.78 Å². The molecule has 1 atom stereocenters. The first kappa shape index (κ1) is 16.4. The minimum Gasteiger partial charge on any atom is -0.549 e. The van der Waals surface area contributed by atoms with Crippen molar-refractivity contribution in [3.8, 4) is 0 Å². The van der Waals surface area contributed by atoms with Gasteiger partial charge in [-0.15, -0.1) is 11.8 Å². The van der Waals surface area contributed by atoms with Crippen molar-refractivity contribution in [3.05, 3.63) is 34.9 Å². The molecule has 1 saturated carbocycles. The standard InChI is InChI=1S/C16H19ClO3S/c17-12-8-6-11(7-9-12)14(18)10-15(16(19)20)21-13-4-2-1-3-5-13/h6-9,13,15H,1-5,10H2,(H,19,20)/p-1/t15-/m0/s1. The second-order valence-electron chi connectivity index (χ2n) is 5.34. The lowest BCUT2D eigenvalue weighted by molar-refractivity contribution is -0.304. The summed E-state index contributed by atoms with van der Waals surface area (Å²) in [6.45, 7) is 0. The summed E-state index contributed by atoms with van der Waals surface area (Å²) in [5.74, 6) is -1.32. The SMILES string of the molecule is O=C(C[C@H](SC1CCCCC1)C(=O)[O-])c1ccc(Cl)cc1. The number of rotatable bonds is 6. The van der Waals surface area contributed by atoms with Crippen LogP contribution in [0.3, 0.4) is 0 Å². The number of carboxylic acid groups (broad SMARTS) is 1. The van der Waals surface area contributed by atoms with Crippen LogP contribution in [0.4, 0.5) is 0 Å². The third kappa shape index (κ3) is 5.04. The molecule has 0 amide bonds. The predicted octanol–water partition coefficient (Wildman–Crippen LogP) is 3.10. The number of carbonyl (C=O) groups excluding carboxylic acids is 2. The van der Waals surface area contributed by atoms with Gasteiger partial charge in [0.05, 0.1) is 11.2 Å². The number of benzene rings is 1. The smallest absolute Gasteiger partial charge is 0.164 e. The second-order valence-corrected chi connectivity index (χ2v) is 7.28. The summed E-state index contributed by atoms with van der Waals surface area (Å²) in [5, 5.41) is 11.4. The van der Waals surface area contributed by atoms with Gasteiger partial charge in [-0.3, -0.25) is 4.79 Å². The van der Waals surface area contributed by atoms with Crippen molar-refractivity contribution in [2.75, 3.05) is 0 Å². The number of thioether (sulfide) groups is 1. The molecule has 0 bridgehead atoms. The van der Waals surface area contributed by atoms with E-state index in [2.05, 4.69) is 0 Å². The van der Waals surface area contributed by atoms with Crippen molar-refractivity contribution >= 4 is 35.1 Å². The van der Waals surface area contributed by atoms with Crippen molar-refractivity contribution in [2.24, 2.45) is 0 Å². The van der Waals surface area contributed by atoms with E-state index in [1.807, 2.05) is 0 Å². The zero-order chi connectivity index (χ0) is 15.2. The quantitative estimate of drug-likeness (QED) is 0.754. The van der Waals surface area contributed by atoms with Crippen LogP contribution in [0.15, 0.2) is 24.3 Å². The Morgan fingerprint density at radius 2 is 1.81 bits per heavy atom.